The molecule has 4 aromatic carbocycles. The zero-order valence-corrected chi connectivity index (χ0v) is 34.6. The molecule has 9 rings (SSSR count). The van der Waals surface area contributed by atoms with Crippen molar-refractivity contribution in [2.45, 2.75) is 93.7 Å². The largest absolute Gasteiger partial charge is 0.383 e. The summed E-state index contributed by atoms with van der Waals surface area (Å²) in [4.78, 5) is 56.3. The molecule has 0 bridgehead atoms. The van der Waals surface area contributed by atoms with E-state index in [2.05, 4.69) is 39.8 Å². The third-order valence-electron chi connectivity index (χ3n) is 13.1. The van der Waals surface area contributed by atoms with Crippen molar-refractivity contribution in [1.82, 2.24) is 15.5 Å². The minimum absolute atomic E-state index is 0. The number of aliphatic hydroxyl groups is 3. The monoisotopic (exact) mass is 823 g/mol. The Morgan fingerprint density at radius 2 is 1.24 bits per heavy atom. The number of halogens is 1. The number of rotatable bonds is 8. The number of para-hydroxylation sites is 2. The number of piperidine rings is 2. The standard InChI is InChI=1S/C30H32N2O4.C16H21N3O3.ClH/c1-3-21(33)18-30(36)23-11-4-5-13-25(23)32(28(30)34)20-14-16-31(17-15-20)27-22-10-6-8-19-9-7-12-24(26(19)22)29(27,2)35;1-17-14(20)10-16(22)12-4-2-3-5-13(12)19(15(16)21)11-6-8-18-9-7-11;/h4-13,20,27,35-36H,3,14-18H2,1-2H3;2-5,11,18,22H,6-10H2,1H3,(H,17,20);1H/t27-,29-,30?;;/m0../s1. The highest BCUT2D eigenvalue weighted by Crippen LogP contribution is 2.52. The minimum atomic E-state index is -1.80. The molecule has 0 saturated carbocycles. The smallest absolute Gasteiger partial charge is 0.264 e. The molecule has 2 fully saturated rings. The Labute approximate surface area is 351 Å². The van der Waals surface area contributed by atoms with Crippen LogP contribution in [0.5, 0.6) is 0 Å². The average molecular weight is 824 g/mol. The van der Waals surface area contributed by atoms with Crippen molar-refractivity contribution in [3.8, 4) is 0 Å². The number of hydrogen-bond donors (Lipinski definition) is 5. The van der Waals surface area contributed by atoms with Crippen molar-refractivity contribution in [2.75, 3.05) is 43.0 Å². The summed E-state index contributed by atoms with van der Waals surface area (Å²) in [5.41, 5.74) is 0.0470. The zero-order chi connectivity index (χ0) is 41.0. The number of likely N-dealkylation sites (tertiary alicyclic amines) is 1. The fourth-order valence-corrected chi connectivity index (χ4v) is 10.2. The molecule has 2 unspecified atom stereocenters. The highest BCUT2D eigenvalue weighted by molar-refractivity contribution is 6.10. The molecule has 13 heteroatoms. The van der Waals surface area contributed by atoms with Gasteiger partial charge in [-0.2, -0.15) is 0 Å². The van der Waals surface area contributed by atoms with Gasteiger partial charge in [-0.05, 0) is 79.7 Å². The first kappa shape index (κ1) is 42.4. The molecular formula is C46H54ClN5O7. The Morgan fingerprint density at radius 1 is 0.729 bits per heavy atom. The van der Waals surface area contributed by atoms with Gasteiger partial charge in [0, 0.05) is 56.2 Å². The third-order valence-corrected chi connectivity index (χ3v) is 13.1. The Kier molecular flexibility index (Phi) is 11.8. The van der Waals surface area contributed by atoms with Gasteiger partial charge in [0.2, 0.25) is 5.91 Å². The van der Waals surface area contributed by atoms with Crippen LogP contribution >= 0.6 is 12.4 Å². The van der Waals surface area contributed by atoms with Gasteiger partial charge >= 0.3 is 0 Å². The molecule has 4 heterocycles. The van der Waals surface area contributed by atoms with E-state index in [1.807, 2.05) is 43.3 Å². The van der Waals surface area contributed by atoms with E-state index in [-0.39, 0.29) is 67.4 Å². The van der Waals surface area contributed by atoms with Crippen molar-refractivity contribution in [1.29, 1.82) is 0 Å². The number of fused-ring (bicyclic) bond motifs is 2. The van der Waals surface area contributed by atoms with Gasteiger partial charge in [-0.15, -0.1) is 12.4 Å². The Morgan fingerprint density at radius 3 is 1.80 bits per heavy atom. The number of nitrogens with one attached hydrogen (secondary N) is 2. The third kappa shape index (κ3) is 7.03. The Hall–Kier alpha value is -4.69. The van der Waals surface area contributed by atoms with Gasteiger partial charge in [0.1, 0.15) is 11.4 Å². The van der Waals surface area contributed by atoms with Crippen molar-refractivity contribution in [3.63, 3.8) is 0 Å². The van der Waals surface area contributed by atoms with Crippen molar-refractivity contribution >= 4 is 58.1 Å². The number of benzene rings is 4. The van der Waals surface area contributed by atoms with Crippen molar-refractivity contribution in [3.05, 3.63) is 107 Å². The number of carbonyl (C=O) groups is 4. The fourth-order valence-electron chi connectivity index (χ4n) is 10.2. The van der Waals surface area contributed by atoms with E-state index < -0.39 is 22.7 Å². The number of carbonyl (C=O) groups excluding carboxylic acids is 4. The molecule has 5 N–H and O–H groups in total. The van der Waals surface area contributed by atoms with E-state index in [9.17, 15) is 34.5 Å². The molecule has 5 aliphatic rings. The molecular weight excluding hydrogens is 770 g/mol. The summed E-state index contributed by atoms with van der Waals surface area (Å²) in [6.45, 7) is 6.79. The lowest BCUT2D eigenvalue weighted by atomic mass is 9.89. The lowest BCUT2D eigenvalue weighted by molar-refractivity contribution is -0.142. The summed E-state index contributed by atoms with van der Waals surface area (Å²) in [6, 6.07) is 26.7. The lowest BCUT2D eigenvalue weighted by Gasteiger charge is -2.43. The van der Waals surface area contributed by atoms with Gasteiger partial charge in [0.15, 0.2) is 11.2 Å². The minimum Gasteiger partial charge on any atom is -0.383 e. The number of anilines is 2. The van der Waals surface area contributed by atoms with Crippen LogP contribution in [0.1, 0.15) is 87.1 Å². The molecule has 0 aromatic heterocycles. The van der Waals surface area contributed by atoms with Crippen LogP contribution in [0.25, 0.3) is 10.8 Å². The lowest BCUT2D eigenvalue weighted by Crippen LogP contribution is -2.52. The maximum absolute atomic E-state index is 13.6. The molecule has 3 amide bonds. The summed E-state index contributed by atoms with van der Waals surface area (Å²) in [5.74, 6) is -1.26. The molecule has 4 atom stereocenters. The molecule has 0 radical (unpaired) electrons. The molecule has 312 valence electrons. The van der Waals surface area contributed by atoms with Crippen molar-refractivity contribution in [2.24, 2.45) is 0 Å². The van der Waals surface area contributed by atoms with Crippen LogP contribution in [0, 0.1) is 0 Å². The SMILES string of the molecule is CCC(=O)CC1(O)C(=O)N(C2CCN([C@H]3c4cccc5cccc(c45)[C@]3(C)O)CC2)c2ccccc21.CNC(=O)CC1(O)C(=O)N(C2CCNCC2)c2ccccc21.Cl. The summed E-state index contributed by atoms with van der Waals surface area (Å²) in [7, 11) is 1.50. The van der Waals surface area contributed by atoms with E-state index >= 15 is 0 Å². The summed E-state index contributed by atoms with van der Waals surface area (Å²) >= 11 is 0. The molecule has 1 aliphatic carbocycles. The molecule has 0 spiro atoms. The summed E-state index contributed by atoms with van der Waals surface area (Å²) in [5, 5.41) is 42.1. The van der Waals surface area contributed by atoms with E-state index in [4.69, 9.17) is 0 Å². The van der Waals surface area contributed by atoms with Gasteiger partial charge < -0.3 is 35.8 Å². The maximum atomic E-state index is 13.6. The number of ketones is 1. The second-order valence-electron chi connectivity index (χ2n) is 16.6. The second-order valence-corrected chi connectivity index (χ2v) is 16.6. The summed E-state index contributed by atoms with van der Waals surface area (Å²) in [6.07, 6.45) is 2.97. The van der Waals surface area contributed by atoms with Gasteiger partial charge in [-0.1, -0.05) is 79.7 Å². The second kappa shape index (κ2) is 16.4. The van der Waals surface area contributed by atoms with E-state index in [0.29, 0.717) is 29.9 Å². The quantitative estimate of drug-likeness (QED) is 0.170. The molecule has 2 saturated heterocycles. The van der Waals surface area contributed by atoms with Gasteiger partial charge in [-0.3, -0.25) is 24.1 Å². The highest BCUT2D eigenvalue weighted by Gasteiger charge is 2.54. The van der Waals surface area contributed by atoms with Gasteiger partial charge in [-0.25, -0.2) is 0 Å². The number of nitrogens with zero attached hydrogens (tertiary/aromatic N) is 3. The number of amides is 3. The number of hydrogen-bond acceptors (Lipinski definition) is 9. The predicted molar refractivity (Wildman–Crippen MR) is 228 cm³/mol. The van der Waals surface area contributed by atoms with Crippen LogP contribution in [-0.2, 0) is 36.0 Å². The van der Waals surface area contributed by atoms with Crippen LogP contribution in [0.4, 0.5) is 11.4 Å². The van der Waals surface area contributed by atoms with Gasteiger partial charge in [0.05, 0.1) is 23.8 Å². The first-order valence-electron chi connectivity index (χ1n) is 20.6. The van der Waals surface area contributed by atoms with E-state index in [0.717, 1.165) is 66.4 Å². The molecule has 4 aliphatic heterocycles. The topological polar surface area (TPSA) is 163 Å². The fraction of sp³-hybridized carbons (Fsp3) is 0.435. The molecule has 59 heavy (non-hydrogen) atoms. The van der Waals surface area contributed by atoms with E-state index in [1.54, 1.807) is 41.0 Å². The van der Waals surface area contributed by atoms with Crippen molar-refractivity contribution < 1.29 is 34.5 Å². The first-order chi connectivity index (χ1) is 27.8. The van der Waals surface area contributed by atoms with Crippen LogP contribution in [0.3, 0.4) is 0 Å². The average Bonchev–Trinajstić information content (AvgIpc) is 3.71. The molecule has 4 aromatic rings. The van der Waals surface area contributed by atoms with Crippen LogP contribution < -0.4 is 20.4 Å². The predicted octanol–water partition coefficient (Wildman–Crippen LogP) is 4.70. The normalized spacial score (nSPS) is 26.6. The zero-order valence-electron chi connectivity index (χ0n) is 33.8. The van der Waals surface area contributed by atoms with Gasteiger partial charge in [0.25, 0.3) is 11.8 Å². The Bertz CT molecular complexity index is 2270. The van der Waals surface area contributed by atoms with E-state index in [1.165, 1.54) is 7.05 Å². The van der Waals surface area contributed by atoms with Crippen LogP contribution in [0.2, 0.25) is 0 Å². The maximum Gasteiger partial charge on any atom is 0.264 e. The number of Topliss-reactive ketones (excluding diaryl/α,β-unsaturated/α-hetero) is 1. The molecule has 12 nitrogen and oxygen atoms in total. The van der Waals surface area contributed by atoms with Crippen LogP contribution in [-0.4, -0.2) is 89.0 Å². The Balaban J connectivity index is 0.000000198. The highest BCUT2D eigenvalue weighted by atomic mass is 35.5. The summed E-state index contributed by atoms with van der Waals surface area (Å²) < 4.78 is 0. The first-order valence-corrected chi connectivity index (χ1v) is 20.6. The van der Waals surface area contributed by atoms with Crippen LogP contribution in [0.15, 0.2) is 84.9 Å².